The number of H-pyrrole nitrogens is 1. The van der Waals surface area contributed by atoms with E-state index in [1.807, 2.05) is 13.8 Å². The molecular weight excluding hydrogens is 232 g/mol. The van der Waals surface area contributed by atoms with E-state index in [-0.39, 0.29) is 12.2 Å². The second-order valence-electron chi connectivity index (χ2n) is 3.75. The Bertz CT molecular complexity index is 491. The van der Waals surface area contributed by atoms with Crippen LogP contribution in [0.4, 0.5) is 0 Å². The number of nitrogens with one attached hydrogen (secondary N) is 2. The molecule has 1 aromatic heterocycles. The SMILES string of the molecule is C=CCONC(=O)c1cc(CC)c(CC)[nH]c1=O. The van der Waals surface area contributed by atoms with Gasteiger partial charge in [0.25, 0.3) is 11.5 Å². The van der Waals surface area contributed by atoms with E-state index in [1.54, 1.807) is 6.07 Å². The Balaban J connectivity index is 2.98. The first kappa shape index (κ1) is 14.2. The highest BCUT2D eigenvalue weighted by Gasteiger charge is 2.13. The molecule has 0 aromatic carbocycles. The maximum absolute atomic E-state index is 11.7. The van der Waals surface area contributed by atoms with Gasteiger partial charge < -0.3 is 4.98 Å². The van der Waals surface area contributed by atoms with Gasteiger partial charge >= 0.3 is 0 Å². The number of hydroxylamine groups is 1. The molecule has 0 fully saturated rings. The molecule has 0 unspecified atom stereocenters. The molecule has 0 aliphatic heterocycles. The van der Waals surface area contributed by atoms with Crippen LogP contribution in [0, 0.1) is 0 Å². The third kappa shape index (κ3) is 3.30. The second kappa shape index (κ2) is 6.76. The average molecular weight is 250 g/mol. The van der Waals surface area contributed by atoms with Crippen molar-refractivity contribution >= 4 is 5.91 Å². The summed E-state index contributed by atoms with van der Waals surface area (Å²) in [6.45, 7) is 7.58. The van der Waals surface area contributed by atoms with Gasteiger partial charge in [0.2, 0.25) is 0 Å². The van der Waals surface area contributed by atoms with Gasteiger partial charge in [-0.3, -0.25) is 14.4 Å². The lowest BCUT2D eigenvalue weighted by Crippen LogP contribution is -2.30. The number of hydrogen-bond donors (Lipinski definition) is 2. The van der Waals surface area contributed by atoms with E-state index in [0.717, 1.165) is 24.1 Å². The molecule has 0 aliphatic rings. The van der Waals surface area contributed by atoms with Crippen LogP contribution in [0.3, 0.4) is 0 Å². The first-order valence-electron chi connectivity index (χ1n) is 5.92. The molecule has 5 nitrogen and oxygen atoms in total. The maximum Gasteiger partial charge on any atom is 0.280 e. The van der Waals surface area contributed by atoms with Crippen LogP contribution >= 0.6 is 0 Å². The minimum Gasteiger partial charge on any atom is -0.325 e. The van der Waals surface area contributed by atoms with Gasteiger partial charge in [-0.2, -0.15) is 0 Å². The molecule has 0 radical (unpaired) electrons. The molecule has 98 valence electrons. The van der Waals surface area contributed by atoms with E-state index in [9.17, 15) is 9.59 Å². The van der Waals surface area contributed by atoms with E-state index in [4.69, 9.17) is 4.84 Å². The number of aromatic amines is 1. The van der Waals surface area contributed by atoms with Crippen molar-refractivity contribution in [2.24, 2.45) is 0 Å². The number of carbonyl (C=O) groups is 1. The largest absolute Gasteiger partial charge is 0.325 e. The highest BCUT2D eigenvalue weighted by molar-refractivity contribution is 5.93. The Kier molecular flexibility index (Phi) is 5.32. The van der Waals surface area contributed by atoms with Gasteiger partial charge in [0.15, 0.2) is 0 Å². The van der Waals surface area contributed by atoms with Crippen molar-refractivity contribution in [2.75, 3.05) is 6.61 Å². The maximum atomic E-state index is 11.7. The Morgan fingerprint density at radius 1 is 1.50 bits per heavy atom. The average Bonchev–Trinajstić information content (AvgIpc) is 2.38. The van der Waals surface area contributed by atoms with Gasteiger partial charge in [-0.15, -0.1) is 6.58 Å². The molecular formula is C13H18N2O3. The van der Waals surface area contributed by atoms with E-state index in [2.05, 4.69) is 17.0 Å². The molecule has 0 atom stereocenters. The lowest BCUT2D eigenvalue weighted by atomic mass is 10.1. The summed E-state index contributed by atoms with van der Waals surface area (Å²) in [6, 6.07) is 1.62. The molecule has 0 bridgehead atoms. The van der Waals surface area contributed by atoms with Crippen LogP contribution < -0.4 is 11.0 Å². The minimum atomic E-state index is -0.546. The fourth-order valence-electron chi connectivity index (χ4n) is 1.63. The van der Waals surface area contributed by atoms with Gasteiger partial charge in [0.05, 0.1) is 6.61 Å². The predicted octanol–water partition coefficient (Wildman–Crippen LogP) is 1.35. The van der Waals surface area contributed by atoms with Gasteiger partial charge in [0.1, 0.15) is 5.56 Å². The quantitative estimate of drug-likeness (QED) is 0.455. The van der Waals surface area contributed by atoms with Crippen LogP contribution in [0.25, 0.3) is 0 Å². The Labute approximate surface area is 106 Å². The Hall–Kier alpha value is -1.88. The van der Waals surface area contributed by atoms with Crippen LogP contribution in [-0.2, 0) is 17.7 Å². The van der Waals surface area contributed by atoms with Gasteiger partial charge in [-0.1, -0.05) is 19.9 Å². The van der Waals surface area contributed by atoms with Crippen molar-refractivity contribution in [3.63, 3.8) is 0 Å². The second-order valence-corrected chi connectivity index (χ2v) is 3.75. The minimum absolute atomic E-state index is 0.0631. The molecule has 18 heavy (non-hydrogen) atoms. The topological polar surface area (TPSA) is 71.2 Å². The smallest absolute Gasteiger partial charge is 0.280 e. The number of amides is 1. The highest BCUT2D eigenvalue weighted by atomic mass is 16.6. The number of pyridine rings is 1. The van der Waals surface area contributed by atoms with Crippen LogP contribution in [0.15, 0.2) is 23.5 Å². The van der Waals surface area contributed by atoms with Crippen molar-refractivity contribution in [3.8, 4) is 0 Å². The van der Waals surface area contributed by atoms with Crippen molar-refractivity contribution in [1.82, 2.24) is 10.5 Å². The fourth-order valence-corrected chi connectivity index (χ4v) is 1.63. The molecule has 1 heterocycles. The lowest BCUT2D eigenvalue weighted by Gasteiger charge is -2.08. The third-order valence-electron chi connectivity index (χ3n) is 2.56. The first-order chi connectivity index (χ1) is 8.63. The molecule has 0 saturated heterocycles. The summed E-state index contributed by atoms with van der Waals surface area (Å²) in [5.74, 6) is -0.546. The van der Waals surface area contributed by atoms with E-state index < -0.39 is 11.5 Å². The molecule has 0 saturated carbocycles. The number of rotatable bonds is 6. The predicted molar refractivity (Wildman–Crippen MR) is 69.4 cm³/mol. The summed E-state index contributed by atoms with van der Waals surface area (Å²) < 4.78 is 0. The molecule has 0 spiro atoms. The summed E-state index contributed by atoms with van der Waals surface area (Å²) in [4.78, 5) is 31.0. The molecule has 1 rings (SSSR count). The number of aromatic nitrogens is 1. The molecule has 1 amide bonds. The molecule has 1 aromatic rings. The standard InChI is InChI=1S/C13H18N2O3/c1-4-7-18-15-13(17)10-8-9(5-2)11(6-3)14-12(10)16/h4,8H,1,5-7H2,2-3H3,(H,14,16)(H,15,17). The zero-order valence-corrected chi connectivity index (χ0v) is 10.7. The Morgan fingerprint density at radius 2 is 2.22 bits per heavy atom. The van der Waals surface area contributed by atoms with Gasteiger partial charge in [-0.25, -0.2) is 5.48 Å². The van der Waals surface area contributed by atoms with Crippen LogP contribution in [-0.4, -0.2) is 17.5 Å². The Morgan fingerprint density at radius 3 is 2.78 bits per heavy atom. The van der Waals surface area contributed by atoms with E-state index in [0.29, 0.717) is 0 Å². The first-order valence-corrected chi connectivity index (χ1v) is 5.92. The van der Waals surface area contributed by atoms with Crippen molar-refractivity contribution in [2.45, 2.75) is 26.7 Å². The van der Waals surface area contributed by atoms with E-state index in [1.165, 1.54) is 6.08 Å². The molecule has 5 heteroatoms. The van der Waals surface area contributed by atoms with Crippen LogP contribution in [0.5, 0.6) is 0 Å². The van der Waals surface area contributed by atoms with Crippen molar-refractivity contribution < 1.29 is 9.63 Å². The molecule has 0 aliphatic carbocycles. The zero-order chi connectivity index (χ0) is 13.5. The zero-order valence-electron chi connectivity index (χ0n) is 10.7. The summed E-state index contributed by atoms with van der Waals surface area (Å²) in [5, 5.41) is 0. The highest BCUT2D eigenvalue weighted by Crippen LogP contribution is 2.07. The third-order valence-corrected chi connectivity index (χ3v) is 2.56. The fraction of sp³-hybridized carbons (Fsp3) is 0.385. The number of carbonyl (C=O) groups excluding carboxylic acids is 1. The van der Waals surface area contributed by atoms with Crippen LogP contribution in [0.2, 0.25) is 0 Å². The lowest BCUT2D eigenvalue weighted by molar-refractivity contribution is 0.0420. The monoisotopic (exact) mass is 250 g/mol. The summed E-state index contributed by atoms with van der Waals surface area (Å²) in [5.41, 5.74) is 3.69. The van der Waals surface area contributed by atoms with E-state index >= 15 is 0 Å². The molecule has 2 N–H and O–H groups in total. The van der Waals surface area contributed by atoms with Crippen molar-refractivity contribution in [1.29, 1.82) is 0 Å². The van der Waals surface area contributed by atoms with Gasteiger partial charge in [-0.05, 0) is 24.5 Å². The summed E-state index contributed by atoms with van der Waals surface area (Å²) in [7, 11) is 0. The van der Waals surface area contributed by atoms with Crippen molar-refractivity contribution in [3.05, 3.63) is 45.9 Å². The van der Waals surface area contributed by atoms with Gasteiger partial charge in [0, 0.05) is 5.69 Å². The number of hydrogen-bond acceptors (Lipinski definition) is 3. The van der Waals surface area contributed by atoms with Crippen LogP contribution in [0.1, 0.15) is 35.5 Å². The summed E-state index contributed by atoms with van der Waals surface area (Å²) in [6.07, 6.45) is 2.99. The normalized spacial score (nSPS) is 10.1. The summed E-state index contributed by atoms with van der Waals surface area (Å²) >= 11 is 0. The number of aryl methyl sites for hydroxylation is 2.